The molecule has 0 aromatic carbocycles. The van der Waals surface area contributed by atoms with Crippen LogP contribution >= 0.6 is 0 Å². The van der Waals surface area contributed by atoms with Crippen LogP contribution in [0.5, 0.6) is 0 Å². The Balaban J connectivity index is 2.20. The third-order valence-corrected chi connectivity index (χ3v) is 3.03. The summed E-state index contributed by atoms with van der Waals surface area (Å²) in [4.78, 5) is 0. The lowest BCUT2D eigenvalue weighted by molar-refractivity contribution is 0.166. The summed E-state index contributed by atoms with van der Waals surface area (Å²) in [6, 6.07) is 0. The molecule has 0 N–H and O–H groups in total. The van der Waals surface area contributed by atoms with Gasteiger partial charge in [0.15, 0.2) is 0 Å². The lowest BCUT2D eigenvalue weighted by Crippen LogP contribution is -2.09. The fourth-order valence-corrected chi connectivity index (χ4v) is 2.30. The van der Waals surface area contributed by atoms with Crippen molar-refractivity contribution in [1.29, 1.82) is 0 Å². The van der Waals surface area contributed by atoms with Gasteiger partial charge in [0.1, 0.15) is 0 Å². The highest BCUT2D eigenvalue weighted by Gasteiger charge is 2.24. The van der Waals surface area contributed by atoms with Gasteiger partial charge in [-0.05, 0) is 18.3 Å². The second-order valence-electron chi connectivity index (χ2n) is 3.64. The van der Waals surface area contributed by atoms with Crippen LogP contribution in [0.3, 0.4) is 0 Å². The zero-order valence-corrected chi connectivity index (χ0v) is 7.81. The van der Waals surface area contributed by atoms with Gasteiger partial charge in [0.2, 0.25) is 0 Å². The Bertz CT molecular complexity index is 101. The van der Waals surface area contributed by atoms with E-state index < -0.39 is 0 Å². The van der Waals surface area contributed by atoms with E-state index in [2.05, 4.69) is 6.92 Å². The molecule has 1 aliphatic rings. The lowest BCUT2D eigenvalue weighted by atomic mass is 9.91. The molecular weight excluding hydrogens is 136 g/mol. The highest BCUT2D eigenvalue weighted by Crippen LogP contribution is 2.35. The normalized spacial score (nSPS) is 31.1. The highest BCUT2D eigenvalue weighted by atomic mass is 16.5. The van der Waals surface area contributed by atoms with Gasteiger partial charge < -0.3 is 4.74 Å². The largest absolute Gasteiger partial charge is 0.385 e. The maximum atomic E-state index is 5.10. The van der Waals surface area contributed by atoms with E-state index >= 15 is 0 Å². The Hall–Kier alpha value is -0.0400. The molecule has 2 atom stereocenters. The molecule has 1 heteroatoms. The van der Waals surface area contributed by atoms with E-state index in [1.165, 1.54) is 32.1 Å². The molecule has 0 spiro atoms. The van der Waals surface area contributed by atoms with Gasteiger partial charge in [-0.1, -0.05) is 32.6 Å². The molecule has 1 fully saturated rings. The number of methoxy groups -OCH3 is 1. The van der Waals surface area contributed by atoms with Crippen molar-refractivity contribution in [2.45, 2.75) is 39.0 Å². The van der Waals surface area contributed by atoms with Crippen molar-refractivity contribution in [3.05, 3.63) is 0 Å². The van der Waals surface area contributed by atoms with Crippen molar-refractivity contribution in [3.63, 3.8) is 0 Å². The van der Waals surface area contributed by atoms with Crippen LogP contribution in [-0.4, -0.2) is 13.7 Å². The van der Waals surface area contributed by atoms with Crippen LogP contribution < -0.4 is 0 Å². The van der Waals surface area contributed by atoms with E-state index in [1.807, 2.05) is 0 Å². The molecule has 0 radical (unpaired) electrons. The van der Waals surface area contributed by atoms with Crippen LogP contribution in [0.25, 0.3) is 0 Å². The predicted octanol–water partition coefficient (Wildman–Crippen LogP) is 2.85. The third kappa shape index (κ3) is 2.48. The first-order chi connectivity index (χ1) is 5.38. The van der Waals surface area contributed by atoms with Gasteiger partial charge >= 0.3 is 0 Å². The molecule has 0 aromatic rings. The Labute approximate surface area is 70.1 Å². The average Bonchev–Trinajstić information content (AvgIpc) is 2.47. The quantitative estimate of drug-likeness (QED) is 0.608. The van der Waals surface area contributed by atoms with Crippen LogP contribution in [0.1, 0.15) is 39.0 Å². The van der Waals surface area contributed by atoms with Crippen LogP contribution in [-0.2, 0) is 4.74 Å². The van der Waals surface area contributed by atoms with Crippen LogP contribution in [0.4, 0.5) is 0 Å². The minimum Gasteiger partial charge on any atom is -0.385 e. The van der Waals surface area contributed by atoms with Crippen LogP contribution in [0.15, 0.2) is 0 Å². The zero-order valence-electron chi connectivity index (χ0n) is 7.81. The Morgan fingerprint density at radius 2 is 2.00 bits per heavy atom. The van der Waals surface area contributed by atoms with Gasteiger partial charge in [0, 0.05) is 13.7 Å². The minimum atomic E-state index is 0.959. The summed E-state index contributed by atoms with van der Waals surface area (Å²) in [5.74, 6) is 1.98. The standard InChI is InChI=1S/C10H20O/c1-3-9-5-4-6-10(9)7-8-11-2/h9-10H,3-8H2,1-2H3/t9-,10-/m1/s1. The van der Waals surface area contributed by atoms with Crippen molar-refractivity contribution < 1.29 is 4.74 Å². The first kappa shape index (κ1) is 9.05. The van der Waals surface area contributed by atoms with Crippen molar-refractivity contribution in [2.24, 2.45) is 11.8 Å². The Morgan fingerprint density at radius 1 is 1.27 bits per heavy atom. The van der Waals surface area contributed by atoms with Gasteiger partial charge in [-0.25, -0.2) is 0 Å². The number of rotatable bonds is 4. The Morgan fingerprint density at radius 3 is 2.64 bits per heavy atom. The second-order valence-corrected chi connectivity index (χ2v) is 3.64. The van der Waals surface area contributed by atoms with Gasteiger partial charge in [-0.2, -0.15) is 0 Å². The number of ether oxygens (including phenoxy) is 1. The fraction of sp³-hybridized carbons (Fsp3) is 1.00. The molecule has 0 aromatic heterocycles. The summed E-state index contributed by atoms with van der Waals surface area (Å²) in [6.07, 6.45) is 7.02. The second kappa shape index (κ2) is 4.76. The number of hydrogen-bond donors (Lipinski definition) is 0. The van der Waals surface area contributed by atoms with Crippen molar-refractivity contribution in [2.75, 3.05) is 13.7 Å². The zero-order chi connectivity index (χ0) is 8.10. The molecule has 66 valence electrons. The molecule has 1 aliphatic carbocycles. The van der Waals surface area contributed by atoms with E-state index in [4.69, 9.17) is 4.74 Å². The Kier molecular flexibility index (Phi) is 3.92. The maximum Gasteiger partial charge on any atom is 0.0465 e. The molecule has 0 aliphatic heterocycles. The molecule has 0 unspecified atom stereocenters. The van der Waals surface area contributed by atoms with Gasteiger partial charge in [0.25, 0.3) is 0 Å². The lowest BCUT2D eigenvalue weighted by Gasteiger charge is -2.16. The van der Waals surface area contributed by atoms with Crippen LogP contribution in [0.2, 0.25) is 0 Å². The number of hydrogen-bond acceptors (Lipinski definition) is 1. The van der Waals surface area contributed by atoms with E-state index in [9.17, 15) is 0 Å². The third-order valence-electron chi connectivity index (χ3n) is 3.03. The average molecular weight is 156 g/mol. The first-order valence-electron chi connectivity index (χ1n) is 4.87. The molecule has 0 amide bonds. The van der Waals surface area contributed by atoms with Crippen molar-refractivity contribution in [3.8, 4) is 0 Å². The predicted molar refractivity (Wildman–Crippen MR) is 47.6 cm³/mol. The molecule has 1 nitrogen and oxygen atoms in total. The molecular formula is C10H20O. The summed E-state index contributed by atoms with van der Waals surface area (Å²) < 4.78 is 5.10. The van der Waals surface area contributed by atoms with E-state index in [0.717, 1.165) is 18.4 Å². The maximum absolute atomic E-state index is 5.10. The van der Waals surface area contributed by atoms with Crippen molar-refractivity contribution in [1.82, 2.24) is 0 Å². The van der Waals surface area contributed by atoms with Gasteiger partial charge in [-0.15, -0.1) is 0 Å². The van der Waals surface area contributed by atoms with E-state index in [-0.39, 0.29) is 0 Å². The topological polar surface area (TPSA) is 9.23 Å². The van der Waals surface area contributed by atoms with Gasteiger partial charge in [-0.3, -0.25) is 0 Å². The van der Waals surface area contributed by atoms with Gasteiger partial charge in [0.05, 0.1) is 0 Å². The van der Waals surface area contributed by atoms with Crippen molar-refractivity contribution >= 4 is 0 Å². The first-order valence-corrected chi connectivity index (χ1v) is 4.87. The van der Waals surface area contributed by atoms with E-state index in [0.29, 0.717) is 0 Å². The summed E-state index contributed by atoms with van der Waals surface area (Å²) in [6.45, 7) is 3.27. The summed E-state index contributed by atoms with van der Waals surface area (Å²) in [5, 5.41) is 0. The summed E-state index contributed by atoms with van der Waals surface area (Å²) in [5.41, 5.74) is 0. The highest BCUT2D eigenvalue weighted by molar-refractivity contribution is 4.76. The summed E-state index contributed by atoms with van der Waals surface area (Å²) in [7, 11) is 1.80. The monoisotopic (exact) mass is 156 g/mol. The van der Waals surface area contributed by atoms with Crippen LogP contribution in [0, 0.1) is 11.8 Å². The summed E-state index contributed by atoms with van der Waals surface area (Å²) >= 11 is 0. The SMILES string of the molecule is CC[C@@H]1CCC[C@@H]1CCOC. The fourth-order valence-electron chi connectivity index (χ4n) is 2.30. The van der Waals surface area contributed by atoms with E-state index in [1.54, 1.807) is 7.11 Å². The molecule has 0 saturated heterocycles. The molecule has 11 heavy (non-hydrogen) atoms. The molecule has 1 saturated carbocycles. The minimum absolute atomic E-state index is 0.959. The molecule has 1 rings (SSSR count). The molecule has 0 bridgehead atoms. The smallest absolute Gasteiger partial charge is 0.0465 e. The molecule has 0 heterocycles.